The molecule has 1 amide bonds. The van der Waals surface area contributed by atoms with Gasteiger partial charge in [0.2, 0.25) is 5.88 Å². The zero-order valence-electron chi connectivity index (χ0n) is 8.62. The van der Waals surface area contributed by atoms with Gasteiger partial charge in [-0.2, -0.15) is 0 Å². The number of aromatic nitrogens is 1. The molecule has 78 valence electrons. The largest absolute Gasteiger partial charge is 0.413 e. The van der Waals surface area contributed by atoms with E-state index >= 15 is 0 Å². The van der Waals surface area contributed by atoms with E-state index in [0.717, 1.165) is 12.8 Å². The minimum Gasteiger partial charge on any atom is -0.393 e. The molecule has 0 saturated carbocycles. The van der Waals surface area contributed by atoms with Gasteiger partial charge in [0, 0.05) is 25.9 Å². The number of unbranched alkanes of at least 4 members (excludes halogenated alkanes) is 1. The van der Waals surface area contributed by atoms with Gasteiger partial charge in [0.1, 0.15) is 0 Å². The first-order valence-corrected chi connectivity index (χ1v) is 4.81. The van der Waals surface area contributed by atoms with E-state index < -0.39 is 0 Å². The van der Waals surface area contributed by atoms with E-state index in [2.05, 4.69) is 12.2 Å². The predicted octanol–water partition coefficient (Wildman–Crippen LogP) is 1.91. The molecule has 0 unspecified atom stereocenters. The van der Waals surface area contributed by atoms with E-state index in [-0.39, 0.29) is 6.09 Å². The SMILES string of the molecule is CCCCNC(=O)Oc1cccn1C. The summed E-state index contributed by atoms with van der Waals surface area (Å²) in [5.74, 6) is 0.555. The smallest absolute Gasteiger partial charge is 0.393 e. The highest BCUT2D eigenvalue weighted by atomic mass is 16.6. The number of hydrogen-bond donors (Lipinski definition) is 1. The Kier molecular flexibility index (Phi) is 4.04. The predicted molar refractivity (Wildman–Crippen MR) is 54.3 cm³/mol. The third-order valence-electron chi connectivity index (χ3n) is 1.89. The molecule has 0 fully saturated rings. The molecular formula is C10H16N2O2. The number of nitrogens with zero attached hydrogens (tertiary/aromatic N) is 1. The molecule has 0 saturated heterocycles. The Hall–Kier alpha value is -1.45. The van der Waals surface area contributed by atoms with Gasteiger partial charge in [0.05, 0.1) is 0 Å². The number of carbonyl (C=O) groups excluding carboxylic acids is 1. The molecule has 0 spiro atoms. The van der Waals surface area contributed by atoms with E-state index in [9.17, 15) is 4.79 Å². The van der Waals surface area contributed by atoms with Crippen LogP contribution >= 0.6 is 0 Å². The summed E-state index contributed by atoms with van der Waals surface area (Å²) in [7, 11) is 1.83. The van der Waals surface area contributed by atoms with Crippen molar-refractivity contribution >= 4 is 6.09 Å². The normalized spacial score (nSPS) is 9.86. The molecule has 1 rings (SSSR count). The number of ether oxygens (including phenoxy) is 1. The molecule has 0 radical (unpaired) electrons. The second-order valence-corrected chi connectivity index (χ2v) is 3.13. The summed E-state index contributed by atoms with van der Waals surface area (Å²) < 4.78 is 6.79. The quantitative estimate of drug-likeness (QED) is 0.747. The van der Waals surface area contributed by atoms with E-state index in [1.54, 1.807) is 10.6 Å². The fraction of sp³-hybridized carbons (Fsp3) is 0.500. The van der Waals surface area contributed by atoms with Crippen LogP contribution in [-0.2, 0) is 7.05 Å². The fourth-order valence-electron chi connectivity index (χ4n) is 1.05. The van der Waals surface area contributed by atoms with Gasteiger partial charge in [-0.3, -0.25) is 0 Å². The summed E-state index contributed by atoms with van der Waals surface area (Å²) in [5.41, 5.74) is 0. The van der Waals surface area contributed by atoms with Gasteiger partial charge in [-0.25, -0.2) is 4.79 Å². The lowest BCUT2D eigenvalue weighted by Crippen LogP contribution is -2.28. The summed E-state index contributed by atoms with van der Waals surface area (Å²) in [6.07, 6.45) is 3.47. The van der Waals surface area contributed by atoms with Gasteiger partial charge in [-0.15, -0.1) is 0 Å². The van der Waals surface area contributed by atoms with Crippen LogP contribution in [0.4, 0.5) is 4.79 Å². The molecule has 4 heteroatoms. The standard InChI is InChI=1S/C10H16N2O2/c1-3-4-7-11-10(13)14-9-6-5-8-12(9)2/h5-6,8H,3-4,7H2,1-2H3,(H,11,13). The third kappa shape index (κ3) is 3.12. The van der Waals surface area contributed by atoms with Crippen molar-refractivity contribution in [3.8, 4) is 5.88 Å². The van der Waals surface area contributed by atoms with Crippen molar-refractivity contribution in [3.63, 3.8) is 0 Å². The van der Waals surface area contributed by atoms with Crippen molar-refractivity contribution in [1.82, 2.24) is 9.88 Å². The lowest BCUT2D eigenvalue weighted by Gasteiger charge is -2.06. The highest BCUT2D eigenvalue weighted by Gasteiger charge is 2.04. The average Bonchev–Trinajstić information content (AvgIpc) is 2.52. The van der Waals surface area contributed by atoms with E-state index in [0.29, 0.717) is 12.4 Å². The average molecular weight is 196 g/mol. The molecule has 0 bridgehead atoms. The number of amides is 1. The van der Waals surface area contributed by atoms with Gasteiger partial charge in [-0.05, 0) is 12.5 Å². The Morgan fingerprint density at radius 3 is 3.00 bits per heavy atom. The molecule has 0 aliphatic heterocycles. The van der Waals surface area contributed by atoms with Gasteiger partial charge >= 0.3 is 6.09 Å². The maximum Gasteiger partial charge on any atom is 0.413 e. The molecule has 0 aliphatic rings. The van der Waals surface area contributed by atoms with Crippen LogP contribution in [0.25, 0.3) is 0 Å². The Morgan fingerprint density at radius 2 is 2.43 bits per heavy atom. The summed E-state index contributed by atoms with van der Waals surface area (Å²) in [4.78, 5) is 11.2. The molecule has 4 nitrogen and oxygen atoms in total. The maximum absolute atomic E-state index is 11.2. The van der Waals surface area contributed by atoms with Crippen LogP contribution in [-0.4, -0.2) is 17.2 Å². The lowest BCUT2D eigenvalue weighted by molar-refractivity contribution is 0.197. The summed E-state index contributed by atoms with van der Waals surface area (Å²) >= 11 is 0. The van der Waals surface area contributed by atoms with Gasteiger partial charge < -0.3 is 14.6 Å². The molecule has 1 aromatic heterocycles. The highest BCUT2D eigenvalue weighted by molar-refractivity contribution is 5.69. The van der Waals surface area contributed by atoms with Gasteiger partial charge in [0.25, 0.3) is 0 Å². The number of rotatable bonds is 4. The molecule has 1 heterocycles. The third-order valence-corrected chi connectivity index (χ3v) is 1.89. The number of hydrogen-bond acceptors (Lipinski definition) is 2. The van der Waals surface area contributed by atoms with Crippen molar-refractivity contribution in [2.24, 2.45) is 7.05 Å². The van der Waals surface area contributed by atoms with Crippen LogP contribution in [0.2, 0.25) is 0 Å². The Labute approximate surface area is 83.9 Å². The van der Waals surface area contributed by atoms with Gasteiger partial charge in [-0.1, -0.05) is 13.3 Å². The molecule has 0 atom stereocenters. The van der Waals surface area contributed by atoms with Crippen LogP contribution in [0.15, 0.2) is 18.3 Å². The maximum atomic E-state index is 11.2. The molecule has 1 aromatic rings. The topological polar surface area (TPSA) is 43.3 Å². The monoisotopic (exact) mass is 196 g/mol. The van der Waals surface area contributed by atoms with Crippen molar-refractivity contribution in [1.29, 1.82) is 0 Å². The first kappa shape index (κ1) is 10.6. The van der Waals surface area contributed by atoms with Crippen molar-refractivity contribution in [3.05, 3.63) is 18.3 Å². The second kappa shape index (κ2) is 5.32. The molecule has 1 N–H and O–H groups in total. The van der Waals surface area contributed by atoms with Crippen LogP contribution in [0.1, 0.15) is 19.8 Å². The van der Waals surface area contributed by atoms with Gasteiger partial charge in [0.15, 0.2) is 0 Å². The lowest BCUT2D eigenvalue weighted by atomic mass is 10.3. The zero-order chi connectivity index (χ0) is 10.4. The first-order valence-electron chi connectivity index (χ1n) is 4.81. The van der Waals surface area contributed by atoms with Crippen molar-refractivity contribution in [2.75, 3.05) is 6.54 Å². The van der Waals surface area contributed by atoms with Crippen LogP contribution < -0.4 is 10.1 Å². The molecule has 14 heavy (non-hydrogen) atoms. The minimum absolute atomic E-state index is 0.389. The van der Waals surface area contributed by atoms with E-state index in [1.165, 1.54) is 0 Å². The van der Waals surface area contributed by atoms with Crippen LogP contribution in [0.5, 0.6) is 5.88 Å². The Balaban J connectivity index is 2.31. The summed E-state index contributed by atoms with van der Waals surface area (Å²) in [5, 5.41) is 2.67. The van der Waals surface area contributed by atoms with Crippen LogP contribution in [0, 0.1) is 0 Å². The number of nitrogens with one attached hydrogen (secondary N) is 1. The number of aryl methyl sites for hydroxylation is 1. The Morgan fingerprint density at radius 1 is 1.64 bits per heavy atom. The first-order chi connectivity index (χ1) is 6.74. The molecule has 0 aliphatic carbocycles. The van der Waals surface area contributed by atoms with Crippen molar-refractivity contribution < 1.29 is 9.53 Å². The fourth-order valence-corrected chi connectivity index (χ4v) is 1.05. The Bertz CT molecular complexity index is 294. The summed E-state index contributed by atoms with van der Waals surface area (Å²) in [6, 6.07) is 3.58. The highest BCUT2D eigenvalue weighted by Crippen LogP contribution is 2.09. The molecule has 0 aromatic carbocycles. The molecular weight excluding hydrogens is 180 g/mol. The summed E-state index contributed by atoms with van der Waals surface area (Å²) in [6.45, 7) is 2.74. The van der Waals surface area contributed by atoms with E-state index in [4.69, 9.17) is 4.74 Å². The number of carbonyl (C=O) groups is 1. The van der Waals surface area contributed by atoms with Crippen LogP contribution in [0.3, 0.4) is 0 Å². The minimum atomic E-state index is -0.389. The van der Waals surface area contributed by atoms with Crippen molar-refractivity contribution in [2.45, 2.75) is 19.8 Å². The zero-order valence-corrected chi connectivity index (χ0v) is 8.62. The van der Waals surface area contributed by atoms with E-state index in [1.807, 2.05) is 19.3 Å². The second-order valence-electron chi connectivity index (χ2n) is 3.13.